The Kier molecular flexibility index (Phi) is 6.07. The van der Waals surface area contributed by atoms with Crippen molar-refractivity contribution in [2.45, 2.75) is 26.3 Å². The van der Waals surface area contributed by atoms with Gasteiger partial charge in [0, 0.05) is 31.1 Å². The lowest BCUT2D eigenvalue weighted by molar-refractivity contribution is 0.0367. The molecule has 0 unspecified atom stereocenters. The van der Waals surface area contributed by atoms with Crippen molar-refractivity contribution >= 4 is 27.5 Å². The molecule has 0 bridgehead atoms. The van der Waals surface area contributed by atoms with Crippen molar-refractivity contribution in [1.29, 1.82) is 5.41 Å². The van der Waals surface area contributed by atoms with Gasteiger partial charge in [-0.25, -0.2) is 4.98 Å². The second kappa shape index (κ2) is 7.33. The summed E-state index contributed by atoms with van der Waals surface area (Å²) >= 11 is 3.27. The van der Waals surface area contributed by atoms with Crippen LogP contribution in [0.2, 0.25) is 0 Å². The van der Waals surface area contributed by atoms with E-state index in [2.05, 4.69) is 26.2 Å². The van der Waals surface area contributed by atoms with Crippen LogP contribution < -0.4 is 11.1 Å². The summed E-state index contributed by atoms with van der Waals surface area (Å²) in [4.78, 5) is 4.02. The Morgan fingerprint density at radius 2 is 2.11 bits per heavy atom. The van der Waals surface area contributed by atoms with Crippen LogP contribution in [-0.2, 0) is 4.74 Å². The molecule has 1 aromatic rings. The van der Waals surface area contributed by atoms with Crippen molar-refractivity contribution in [3.8, 4) is 0 Å². The normalized spacial score (nSPS) is 13.3. The molecule has 0 saturated carbocycles. The van der Waals surface area contributed by atoms with Crippen molar-refractivity contribution in [2.75, 3.05) is 18.5 Å². The van der Waals surface area contributed by atoms with Crippen LogP contribution in [-0.4, -0.2) is 30.1 Å². The first-order valence-electron chi connectivity index (χ1n) is 5.85. The van der Waals surface area contributed by atoms with E-state index in [4.69, 9.17) is 15.9 Å². The number of nitrogens with zero attached hydrogens (tertiary/aromatic N) is 1. The quantitative estimate of drug-likeness (QED) is 0.454. The third-order valence-corrected chi connectivity index (χ3v) is 2.62. The van der Waals surface area contributed by atoms with Gasteiger partial charge in [-0.05, 0) is 42.3 Å². The highest BCUT2D eigenvalue weighted by molar-refractivity contribution is 9.10. The van der Waals surface area contributed by atoms with Crippen LogP contribution in [0.5, 0.6) is 0 Å². The monoisotopic (exact) mass is 314 g/mol. The first-order chi connectivity index (χ1) is 8.50. The number of pyridine rings is 1. The Morgan fingerprint density at radius 1 is 1.56 bits per heavy atom. The van der Waals surface area contributed by atoms with Gasteiger partial charge in [-0.15, -0.1) is 0 Å². The van der Waals surface area contributed by atoms with Gasteiger partial charge < -0.3 is 15.8 Å². The summed E-state index contributed by atoms with van der Waals surface area (Å²) in [5.41, 5.74) is 6.88. The Labute approximate surface area is 116 Å². The van der Waals surface area contributed by atoms with Crippen LogP contribution in [0.1, 0.15) is 25.8 Å². The van der Waals surface area contributed by atoms with Crippen molar-refractivity contribution in [2.24, 2.45) is 5.73 Å². The maximum atomic E-state index is 7.37. The number of nitrogens with two attached hydrogens (primary N) is 1. The molecule has 6 heteroatoms. The molecule has 2 rings (SSSR count). The number of aromatic nitrogens is 1. The molecular weight excluding hydrogens is 296 g/mol. The summed E-state index contributed by atoms with van der Waals surface area (Å²) in [7, 11) is 0. The Bertz CT molecular complexity index is 401. The van der Waals surface area contributed by atoms with Gasteiger partial charge in [0.1, 0.15) is 10.4 Å². The molecule has 1 fully saturated rings. The molecule has 100 valence electrons. The number of rotatable bonds is 3. The second-order valence-electron chi connectivity index (χ2n) is 4.23. The number of nitrogens with one attached hydrogen (secondary N) is 2. The average molecular weight is 315 g/mol. The molecule has 1 aliphatic rings. The predicted octanol–water partition coefficient (Wildman–Crippen LogP) is 2.36. The zero-order valence-corrected chi connectivity index (χ0v) is 12.3. The fourth-order valence-electron chi connectivity index (χ4n) is 1.22. The van der Waals surface area contributed by atoms with Crippen LogP contribution in [0.3, 0.4) is 0 Å². The number of halogens is 1. The minimum absolute atomic E-state index is 0.0214. The van der Waals surface area contributed by atoms with Gasteiger partial charge in [0.05, 0.1) is 5.56 Å². The van der Waals surface area contributed by atoms with E-state index in [9.17, 15) is 0 Å². The zero-order chi connectivity index (χ0) is 13.5. The molecule has 0 amide bonds. The maximum Gasteiger partial charge on any atom is 0.126 e. The molecule has 1 aromatic heterocycles. The van der Waals surface area contributed by atoms with E-state index in [1.54, 1.807) is 6.20 Å². The molecular formula is C12H19BrN4O. The standard InChI is InChI=1S/C9H13BrN4.C3H6O/c1-5(2)14-7-3-8(10)13-4-6(7)9(11)12;1-2-4-3-1/h3-5H,1-2H3,(H3,11,12)(H,13,14);1-3H2. The van der Waals surface area contributed by atoms with E-state index in [1.807, 2.05) is 19.9 Å². The summed E-state index contributed by atoms with van der Waals surface area (Å²) in [5.74, 6) is 0.0214. The number of anilines is 1. The third kappa shape index (κ3) is 5.01. The number of hydrogen-bond donors (Lipinski definition) is 3. The lowest BCUT2D eigenvalue weighted by Gasteiger charge is -2.13. The highest BCUT2D eigenvalue weighted by Gasteiger charge is 2.07. The molecule has 1 aliphatic heterocycles. The summed E-state index contributed by atoms with van der Waals surface area (Å²) in [6.07, 6.45) is 2.86. The van der Waals surface area contributed by atoms with Crippen LogP contribution in [0.4, 0.5) is 5.69 Å². The van der Waals surface area contributed by atoms with E-state index in [0.29, 0.717) is 11.6 Å². The first-order valence-corrected chi connectivity index (χ1v) is 6.64. The largest absolute Gasteiger partial charge is 0.384 e. The molecule has 0 atom stereocenters. The summed E-state index contributed by atoms with van der Waals surface area (Å²) in [6, 6.07) is 2.11. The maximum absolute atomic E-state index is 7.37. The Balaban J connectivity index is 0.000000341. The average Bonchev–Trinajstić information content (AvgIpc) is 2.12. The van der Waals surface area contributed by atoms with E-state index >= 15 is 0 Å². The Morgan fingerprint density at radius 3 is 2.50 bits per heavy atom. The van der Waals surface area contributed by atoms with Gasteiger partial charge in [0.2, 0.25) is 0 Å². The molecule has 5 nitrogen and oxygen atoms in total. The topological polar surface area (TPSA) is 84.0 Å². The zero-order valence-electron chi connectivity index (χ0n) is 10.7. The molecule has 1 saturated heterocycles. The lowest BCUT2D eigenvalue weighted by Crippen LogP contribution is -2.18. The lowest BCUT2D eigenvalue weighted by atomic mass is 10.2. The van der Waals surface area contributed by atoms with Gasteiger partial charge in [-0.3, -0.25) is 5.41 Å². The molecule has 18 heavy (non-hydrogen) atoms. The highest BCUT2D eigenvalue weighted by atomic mass is 79.9. The van der Waals surface area contributed by atoms with E-state index in [-0.39, 0.29) is 5.84 Å². The number of ether oxygens (including phenoxy) is 1. The predicted molar refractivity (Wildman–Crippen MR) is 77.1 cm³/mol. The van der Waals surface area contributed by atoms with Crippen molar-refractivity contribution < 1.29 is 4.74 Å². The van der Waals surface area contributed by atoms with Gasteiger partial charge in [0.25, 0.3) is 0 Å². The number of hydrogen-bond acceptors (Lipinski definition) is 4. The summed E-state index contributed by atoms with van der Waals surface area (Å²) < 4.78 is 5.45. The van der Waals surface area contributed by atoms with Gasteiger partial charge in [0.15, 0.2) is 0 Å². The SMILES string of the molecule is C1COC1.CC(C)Nc1cc(Br)ncc1C(=N)N. The Hall–Kier alpha value is -1.14. The van der Waals surface area contributed by atoms with E-state index in [0.717, 1.165) is 23.5 Å². The summed E-state index contributed by atoms with van der Waals surface area (Å²) in [5, 5.41) is 10.6. The van der Waals surface area contributed by atoms with Crippen LogP contribution in [0.25, 0.3) is 0 Å². The number of amidine groups is 1. The fourth-order valence-corrected chi connectivity index (χ4v) is 1.55. The van der Waals surface area contributed by atoms with Crippen molar-refractivity contribution in [3.63, 3.8) is 0 Å². The van der Waals surface area contributed by atoms with E-state index < -0.39 is 0 Å². The third-order valence-electron chi connectivity index (χ3n) is 2.18. The summed E-state index contributed by atoms with van der Waals surface area (Å²) in [6.45, 7) is 6.05. The number of nitrogen functional groups attached to an aromatic ring is 1. The molecule has 4 N–H and O–H groups in total. The molecule has 0 aromatic carbocycles. The molecule has 0 spiro atoms. The molecule has 0 aliphatic carbocycles. The van der Waals surface area contributed by atoms with Crippen molar-refractivity contribution in [1.82, 2.24) is 4.98 Å². The smallest absolute Gasteiger partial charge is 0.126 e. The fraction of sp³-hybridized carbons (Fsp3) is 0.500. The van der Waals surface area contributed by atoms with Gasteiger partial charge in [-0.1, -0.05) is 0 Å². The van der Waals surface area contributed by atoms with Crippen LogP contribution >= 0.6 is 15.9 Å². The van der Waals surface area contributed by atoms with Crippen LogP contribution in [0, 0.1) is 5.41 Å². The van der Waals surface area contributed by atoms with E-state index in [1.165, 1.54) is 6.42 Å². The van der Waals surface area contributed by atoms with Gasteiger partial charge >= 0.3 is 0 Å². The molecule has 0 radical (unpaired) electrons. The minimum Gasteiger partial charge on any atom is -0.384 e. The highest BCUT2D eigenvalue weighted by Crippen LogP contribution is 2.19. The van der Waals surface area contributed by atoms with Gasteiger partial charge in [-0.2, -0.15) is 0 Å². The molecule has 2 heterocycles. The van der Waals surface area contributed by atoms with Crippen molar-refractivity contribution in [3.05, 3.63) is 22.4 Å². The van der Waals surface area contributed by atoms with Crippen LogP contribution in [0.15, 0.2) is 16.9 Å². The first kappa shape index (κ1) is 14.9. The minimum atomic E-state index is 0.0214. The second-order valence-corrected chi connectivity index (χ2v) is 5.04.